The molecule has 0 spiro atoms. The lowest BCUT2D eigenvalue weighted by Gasteiger charge is -2.15. The molecule has 3 rings (SSSR count). The summed E-state index contributed by atoms with van der Waals surface area (Å²) in [6, 6.07) is 17.3. The van der Waals surface area contributed by atoms with E-state index in [9.17, 15) is 4.39 Å². The van der Waals surface area contributed by atoms with Gasteiger partial charge in [-0.1, -0.05) is 48.5 Å². The maximum atomic E-state index is 14.2. The van der Waals surface area contributed by atoms with E-state index < -0.39 is 0 Å². The van der Waals surface area contributed by atoms with Crippen LogP contribution in [-0.4, -0.2) is 6.26 Å². The second-order valence-corrected chi connectivity index (χ2v) is 5.62. The van der Waals surface area contributed by atoms with Gasteiger partial charge in [0.2, 0.25) is 0 Å². The molecule has 0 amide bonds. The first-order chi connectivity index (χ1) is 9.72. The number of fused-ring (bicyclic) bond motifs is 1. The molecule has 0 aliphatic carbocycles. The molecular formula is C18H15FS. The number of halogens is 1. The van der Waals surface area contributed by atoms with Crippen LogP contribution in [0.2, 0.25) is 0 Å². The van der Waals surface area contributed by atoms with Crippen LogP contribution in [0.1, 0.15) is 5.56 Å². The molecule has 0 fully saturated rings. The van der Waals surface area contributed by atoms with Crippen LogP contribution in [0.4, 0.5) is 4.39 Å². The fraction of sp³-hybridized carbons (Fsp3) is 0.111. The van der Waals surface area contributed by atoms with Crippen molar-refractivity contribution >= 4 is 22.5 Å². The van der Waals surface area contributed by atoms with E-state index in [0.29, 0.717) is 5.56 Å². The molecule has 0 aliphatic heterocycles. The molecule has 0 aliphatic rings. The minimum Gasteiger partial charge on any atom is -0.206 e. The molecule has 0 heterocycles. The first-order valence-corrected chi connectivity index (χ1v) is 7.76. The van der Waals surface area contributed by atoms with Crippen molar-refractivity contribution in [2.45, 2.75) is 11.8 Å². The normalized spacial score (nSPS) is 10.9. The van der Waals surface area contributed by atoms with E-state index >= 15 is 0 Å². The Hall–Kier alpha value is -1.80. The average Bonchev–Trinajstić information content (AvgIpc) is 2.46. The largest absolute Gasteiger partial charge is 0.206 e. The Kier molecular flexibility index (Phi) is 3.49. The zero-order valence-electron chi connectivity index (χ0n) is 11.5. The first kappa shape index (κ1) is 13.2. The van der Waals surface area contributed by atoms with E-state index in [4.69, 9.17) is 0 Å². The Bertz CT molecular complexity index is 777. The summed E-state index contributed by atoms with van der Waals surface area (Å²) in [5.41, 5.74) is 2.87. The van der Waals surface area contributed by atoms with Gasteiger partial charge in [-0.25, -0.2) is 4.39 Å². The van der Waals surface area contributed by atoms with Gasteiger partial charge in [-0.05, 0) is 35.6 Å². The van der Waals surface area contributed by atoms with Crippen molar-refractivity contribution in [1.82, 2.24) is 0 Å². The van der Waals surface area contributed by atoms with Gasteiger partial charge in [-0.2, -0.15) is 0 Å². The summed E-state index contributed by atoms with van der Waals surface area (Å²) in [4.78, 5) is 1.15. The van der Waals surface area contributed by atoms with Crippen LogP contribution >= 0.6 is 11.8 Å². The van der Waals surface area contributed by atoms with Crippen molar-refractivity contribution in [1.29, 1.82) is 0 Å². The Morgan fingerprint density at radius 2 is 1.65 bits per heavy atom. The molecule has 2 heteroatoms. The van der Waals surface area contributed by atoms with E-state index in [0.717, 1.165) is 21.2 Å². The van der Waals surface area contributed by atoms with Gasteiger partial charge >= 0.3 is 0 Å². The van der Waals surface area contributed by atoms with Crippen LogP contribution in [-0.2, 0) is 0 Å². The fourth-order valence-corrected chi connectivity index (χ4v) is 3.47. The second-order valence-electron chi connectivity index (χ2n) is 4.80. The molecule has 3 aromatic carbocycles. The van der Waals surface area contributed by atoms with Gasteiger partial charge in [0.15, 0.2) is 0 Å². The predicted octanol–water partition coefficient (Wildman–Crippen LogP) is 5.68. The molecule has 0 saturated carbocycles. The topological polar surface area (TPSA) is 0 Å². The lowest BCUT2D eigenvalue weighted by Crippen LogP contribution is -1.92. The fourth-order valence-electron chi connectivity index (χ4n) is 2.66. The molecule has 0 radical (unpaired) electrons. The van der Waals surface area contributed by atoms with Crippen molar-refractivity contribution in [2.75, 3.05) is 6.26 Å². The van der Waals surface area contributed by atoms with E-state index in [1.807, 2.05) is 30.5 Å². The molecule has 100 valence electrons. The maximum absolute atomic E-state index is 14.2. The lowest BCUT2D eigenvalue weighted by atomic mass is 9.95. The summed E-state index contributed by atoms with van der Waals surface area (Å²) in [7, 11) is 0. The summed E-state index contributed by atoms with van der Waals surface area (Å²) in [5, 5.41) is 2.26. The molecular weight excluding hydrogens is 267 g/mol. The third kappa shape index (κ3) is 2.10. The smallest absolute Gasteiger partial charge is 0.131 e. The Morgan fingerprint density at radius 3 is 2.40 bits per heavy atom. The van der Waals surface area contributed by atoms with E-state index in [2.05, 4.69) is 25.1 Å². The van der Waals surface area contributed by atoms with Crippen LogP contribution in [0.25, 0.3) is 21.9 Å². The van der Waals surface area contributed by atoms with E-state index in [1.54, 1.807) is 17.8 Å². The van der Waals surface area contributed by atoms with Crippen molar-refractivity contribution < 1.29 is 4.39 Å². The summed E-state index contributed by atoms with van der Waals surface area (Å²) < 4.78 is 14.2. The Balaban J connectivity index is 2.47. The van der Waals surface area contributed by atoms with Crippen molar-refractivity contribution in [2.24, 2.45) is 0 Å². The molecule has 0 nitrogen and oxygen atoms in total. The van der Waals surface area contributed by atoms with Crippen molar-refractivity contribution in [3.8, 4) is 11.1 Å². The number of benzene rings is 3. The Labute approximate surface area is 122 Å². The SMILES string of the molecule is CSc1c(C)cc2ccccc2c1-c1ccccc1F. The minimum absolute atomic E-state index is 0.168. The highest BCUT2D eigenvalue weighted by atomic mass is 32.2. The monoisotopic (exact) mass is 282 g/mol. The average molecular weight is 282 g/mol. The molecule has 3 aromatic rings. The third-order valence-electron chi connectivity index (χ3n) is 3.53. The van der Waals surface area contributed by atoms with Crippen molar-refractivity contribution in [3.05, 3.63) is 66.0 Å². The van der Waals surface area contributed by atoms with Gasteiger partial charge in [0.1, 0.15) is 5.82 Å². The zero-order chi connectivity index (χ0) is 14.1. The van der Waals surface area contributed by atoms with E-state index in [-0.39, 0.29) is 5.82 Å². The third-order valence-corrected chi connectivity index (χ3v) is 4.47. The molecule has 0 aromatic heterocycles. The highest BCUT2D eigenvalue weighted by molar-refractivity contribution is 7.98. The van der Waals surface area contributed by atoms with Gasteiger partial charge in [-0.3, -0.25) is 0 Å². The lowest BCUT2D eigenvalue weighted by molar-refractivity contribution is 0.631. The highest BCUT2D eigenvalue weighted by Crippen LogP contribution is 2.40. The standard InChI is InChI=1S/C18H15FS/c1-12-11-13-7-3-4-8-14(13)17(18(12)20-2)15-9-5-6-10-16(15)19/h3-11H,1-2H3. The molecule has 0 saturated heterocycles. The van der Waals surface area contributed by atoms with Crippen LogP contribution in [0.3, 0.4) is 0 Å². The quantitative estimate of drug-likeness (QED) is 0.545. The summed E-state index contributed by atoms with van der Waals surface area (Å²) in [6.45, 7) is 2.09. The number of hydrogen-bond acceptors (Lipinski definition) is 1. The zero-order valence-corrected chi connectivity index (χ0v) is 12.3. The summed E-state index contributed by atoms with van der Waals surface area (Å²) in [6.07, 6.45) is 2.04. The van der Waals surface area contributed by atoms with Gasteiger partial charge in [0, 0.05) is 16.0 Å². The van der Waals surface area contributed by atoms with Crippen LogP contribution < -0.4 is 0 Å². The molecule has 0 N–H and O–H groups in total. The maximum Gasteiger partial charge on any atom is 0.131 e. The van der Waals surface area contributed by atoms with Crippen LogP contribution in [0.5, 0.6) is 0 Å². The van der Waals surface area contributed by atoms with Gasteiger partial charge < -0.3 is 0 Å². The van der Waals surface area contributed by atoms with Gasteiger partial charge in [0.25, 0.3) is 0 Å². The highest BCUT2D eigenvalue weighted by Gasteiger charge is 2.15. The van der Waals surface area contributed by atoms with Crippen LogP contribution in [0.15, 0.2) is 59.5 Å². The number of rotatable bonds is 2. The molecule has 0 atom stereocenters. The predicted molar refractivity (Wildman–Crippen MR) is 85.9 cm³/mol. The Morgan fingerprint density at radius 1 is 0.950 bits per heavy atom. The molecule has 20 heavy (non-hydrogen) atoms. The number of thioether (sulfide) groups is 1. The van der Waals surface area contributed by atoms with E-state index in [1.165, 1.54) is 11.6 Å². The summed E-state index contributed by atoms with van der Waals surface area (Å²) in [5.74, 6) is -0.168. The number of hydrogen-bond donors (Lipinski definition) is 0. The second kappa shape index (κ2) is 5.29. The van der Waals surface area contributed by atoms with Gasteiger partial charge in [0.05, 0.1) is 0 Å². The number of aryl methyl sites for hydroxylation is 1. The van der Waals surface area contributed by atoms with Crippen LogP contribution in [0, 0.1) is 12.7 Å². The minimum atomic E-state index is -0.168. The van der Waals surface area contributed by atoms with Crippen molar-refractivity contribution in [3.63, 3.8) is 0 Å². The van der Waals surface area contributed by atoms with Gasteiger partial charge in [-0.15, -0.1) is 11.8 Å². The molecule has 0 unspecified atom stereocenters. The summed E-state index contributed by atoms with van der Waals surface area (Å²) >= 11 is 1.67. The first-order valence-electron chi connectivity index (χ1n) is 6.53. The molecule has 0 bridgehead atoms.